The van der Waals surface area contributed by atoms with Crippen LogP contribution in [-0.4, -0.2) is 7.11 Å². The van der Waals surface area contributed by atoms with E-state index in [2.05, 4.69) is 49.4 Å². The van der Waals surface area contributed by atoms with E-state index >= 15 is 0 Å². The van der Waals surface area contributed by atoms with Gasteiger partial charge in [-0.25, -0.2) is 0 Å². The molecular formula is C18H21NO. The van der Waals surface area contributed by atoms with E-state index in [-0.39, 0.29) is 11.5 Å². The topological polar surface area (TPSA) is 35.2 Å². The SMILES string of the molecule is COc1ccc(C(N)C2(c3ccccc3)CC2)cc1C. The Morgan fingerprint density at radius 1 is 1.10 bits per heavy atom. The summed E-state index contributed by atoms with van der Waals surface area (Å²) in [7, 11) is 1.70. The molecule has 0 amide bonds. The Morgan fingerprint density at radius 2 is 1.80 bits per heavy atom. The molecule has 1 saturated carbocycles. The maximum Gasteiger partial charge on any atom is 0.121 e. The van der Waals surface area contributed by atoms with E-state index in [9.17, 15) is 0 Å². The third-order valence-electron chi connectivity index (χ3n) is 4.51. The van der Waals surface area contributed by atoms with Crippen LogP contribution in [-0.2, 0) is 5.41 Å². The quantitative estimate of drug-likeness (QED) is 0.916. The molecule has 1 atom stereocenters. The lowest BCUT2D eigenvalue weighted by Gasteiger charge is -2.25. The highest BCUT2D eigenvalue weighted by Gasteiger charge is 2.49. The molecule has 2 nitrogen and oxygen atoms in total. The highest BCUT2D eigenvalue weighted by Crippen LogP contribution is 2.55. The third kappa shape index (κ3) is 2.10. The average molecular weight is 267 g/mol. The molecule has 0 spiro atoms. The maximum absolute atomic E-state index is 6.59. The molecule has 2 N–H and O–H groups in total. The monoisotopic (exact) mass is 267 g/mol. The molecule has 1 aliphatic carbocycles. The summed E-state index contributed by atoms with van der Waals surface area (Å²) in [6.45, 7) is 2.07. The second-order valence-electron chi connectivity index (χ2n) is 5.73. The summed E-state index contributed by atoms with van der Waals surface area (Å²) in [5.41, 5.74) is 10.4. The number of nitrogens with two attached hydrogens (primary N) is 1. The molecule has 3 rings (SSSR count). The first kappa shape index (κ1) is 13.2. The first-order chi connectivity index (χ1) is 9.67. The van der Waals surface area contributed by atoms with E-state index in [0.717, 1.165) is 11.3 Å². The first-order valence-corrected chi connectivity index (χ1v) is 7.13. The van der Waals surface area contributed by atoms with Crippen LogP contribution in [0, 0.1) is 6.92 Å². The van der Waals surface area contributed by atoms with Gasteiger partial charge in [0.05, 0.1) is 7.11 Å². The van der Waals surface area contributed by atoms with Crippen molar-refractivity contribution in [3.8, 4) is 5.75 Å². The van der Waals surface area contributed by atoms with Gasteiger partial charge < -0.3 is 10.5 Å². The third-order valence-corrected chi connectivity index (χ3v) is 4.51. The minimum absolute atomic E-state index is 0.0505. The van der Waals surface area contributed by atoms with Crippen molar-refractivity contribution in [1.82, 2.24) is 0 Å². The number of hydrogen-bond donors (Lipinski definition) is 1. The predicted molar refractivity (Wildman–Crippen MR) is 82.0 cm³/mol. The minimum atomic E-state index is 0.0505. The molecule has 0 heterocycles. The summed E-state index contributed by atoms with van der Waals surface area (Å²) in [5, 5.41) is 0. The number of hydrogen-bond acceptors (Lipinski definition) is 2. The molecule has 2 aromatic rings. The van der Waals surface area contributed by atoms with Crippen molar-refractivity contribution in [3.63, 3.8) is 0 Å². The van der Waals surface area contributed by atoms with Crippen LogP contribution in [0.4, 0.5) is 0 Å². The van der Waals surface area contributed by atoms with Gasteiger partial charge in [-0.05, 0) is 42.5 Å². The number of ether oxygens (including phenoxy) is 1. The van der Waals surface area contributed by atoms with Gasteiger partial charge in [-0.2, -0.15) is 0 Å². The van der Waals surface area contributed by atoms with Gasteiger partial charge in [0.25, 0.3) is 0 Å². The Hall–Kier alpha value is -1.80. The summed E-state index contributed by atoms with van der Waals surface area (Å²) in [4.78, 5) is 0. The molecule has 0 aliphatic heterocycles. The van der Waals surface area contributed by atoms with E-state index < -0.39 is 0 Å². The number of methoxy groups -OCH3 is 1. The van der Waals surface area contributed by atoms with Crippen molar-refractivity contribution in [2.24, 2.45) is 5.73 Å². The highest BCUT2D eigenvalue weighted by molar-refractivity contribution is 5.42. The number of rotatable bonds is 4. The zero-order chi connectivity index (χ0) is 14.2. The molecule has 0 saturated heterocycles. The van der Waals surface area contributed by atoms with E-state index in [0.29, 0.717) is 0 Å². The predicted octanol–water partition coefficient (Wildman–Crippen LogP) is 3.74. The molecule has 1 aliphatic rings. The van der Waals surface area contributed by atoms with Crippen LogP contribution >= 0.6 is 0 Å². The van der Waals surface area contributed by atoms with Crippen LogP contribution in [0.25, 0.3) is 0 Å². The second-order valence-corrected chi connectivity index (χ2v) is 5.73. The van der Waals surface area contributed by atoms with Gasteiger partial charge in [0.1, 0.15) is 5.75 Å². The van der Waals surface area contributed by atoms with Gasteiger partial charge in [-0.15, -0.1) is 0 Å². The molecule has 20 heavy (non-hydrogen) atoms. The lowest BCUT2D eigenvalue weighted by molar-refractivity contribution is 0.411. The van der Waals surface area contributed by atoms with E-state index in [4.69, 9.17) is 10.5 Å². The summed E-state index contributed by atoms with van der Waals surface area (Å²) >= 11 is 0. The summed E-state index contributed by atoms with van der Waals surface area (Å²) in [6, 6.07) is 17.0. The largest absolute Gasteiger partial charge is 0.496 e. The summed E-state index contributed by atoms with van der Waals surface area (Å²) in [6.07, 6.45) is 2.34. The van der Waals surface area contributed by atoms with Crippen LogP contribution in [0.5, 0.6) is 5.75 Å². The molecule has 1 fully saturated rings. The smallest absolute Gasteiger partial charge is 0.121 e. The first-order valence-electron chi connectivity index (χ1n) is 7.13. The molecule has 2 heteroatoms. The van der Waals surface area contributed by atoms with Gasteiger partial charge in [-0.1, -0.05) is 42.5 Å². The van der Waals surface area contributed by atoms with Crippen molar-refractivity contribution < 1.29 is 4.74 Å². The van der Waals surface area contributed by atoms with Crippen LogP contribution < -0.4 is 10.5 Å². The summed E-state index contributed by atoms with van der Waals surface area (Å²) in [5.74, 6) is 0.922. The molecule has 2 aromatic carbocycles. The van der Waals surface area contributed by atoms with Crippen LogP contribution in [0.2, 0.25) is 0 Å². The van der Waals surface area contributed by atoms with Crippen molar-refractivity contribution in [2.75, 3.05) is 7.11 Å². The molecular weight excluding hydrogens is 246 g/mol. The van der Waals surface area contributed by atoms with Gasteiger partial charge in [-0.3, -0.25) is 0 Å². The zero-order valence-electron chi connectivity index (χ0n) is 12.1. The van der Waals surface area contributed by atoms with Crippen molar-refractivity contribution in [2.45, 2.75) is 31.2 Å². The Labute approximate surface area is 120 Å². The normalized spacial score (nSPS) is 17.6. The fourth-order valence-electron chi connectivity index (χ4n) is 3.10. The van der Waals surface area contributed by atoms with Crippen LogP contribution in [0.1, 0.15) is 35.6 Å². The Balaban J connectivity index is 1.93. The van der Waals surface area contributed by atoms with E-state index in [1.165, 1.54) is 24.0 Å². The molecule has 104 valence electrons. The molecule has 0 aromatic heterocycles. The number of benzene rings is 2. The number of aryl methyl sites for hydroxylation is 1. The molecule has 0 radical (unpaired) electrons. The van der Waals surface area contributed by atoms with Crippen LogP contribution in [0.15, 0.2) is 48.5 Å². The lowest BCUT2D eigenvalue weighted by Crippen LogP contribution is -2.26. The summed E-state index contributed by atoms with van der Waals surface area (Å²) < 4.78 is 5.32. The van der Waals surface area contributed by atoms with Gasteiger partial charge in [0, 0.05) is 11.5 Å². The van der Waals surface area contributed by atoms with E-state index in [1.54, 1.807) is 7.11 Å². The maximum atomic E-state index is 6.59. The Bertz CT molecular complexity index is 602. The highest BCUT2D eigenvalue weighted by atomic mass is 16.5. The fraction of sp³-hybridized carbons (Fsp3) is 0.333. The second kappa shape index (κ2) is 4.95. The standard InChI is InChI=1S/C18H21NO/c1-13-12-14(8-9-16(13)20-2)17(19)18(10-11-18)15-6-4-3-5-7-15/h3-9,12,17H,10-11,19H2,1-2H3. The Morgan fingerprint density at radius 3 is 2.35 bits per heavy atom. The van der Waals surface area contributed by atoms with Gasteiger partial charge in [0.15, 0.2) is 0 Å². The van der Waals surface area contributed by atoms with Crippen LogP contribution in [0.3, 0.4) is 0 Å². The lowest BCUT2D eigenvalue weighted by atomic mass is 9.84. The minimum Gasteiger partial charge on any atom is -0.496 e. The fourth-order valence-corrected chi connectivity index (χ4v) is 3.10. The average Bonchev–Trinajstić information content (AvgIpc) is 3.29. The van der Waals surface area contributed by atoms with Gasteiger partial charge >= 0.3 is 0 Å². The van der Waals surface area contributed by atoms with E-state index in [1.807, 2.05) is 6.07 Å². The molecule has 1 unspecified atom stereocenters. The van der Waals surface area contributed by atoms with Crippen molar-refractivity contribution in [1.29, 1.82) is 0 Å². The zero-order valence-corrected chi connectivity index (χ0v) is 12.1. The van der Waals surface area contributed by atoms with Crippen molar-refractivity contribution in [3.05, 3.63) is 65.2 Å². The van der Waals surface area contributed by atoms with Gasteiger partial charge in [0.2, 0.25) is 0 Å². The Kier molecular flexibility index (Phi) is 3.27. The molecule has 0 bridgehead atoms. The van der Waals surface area contributed by atoms with Crippen molar-refractivity contribution >= 4 is 0 Å².